The van der Waals surface area contributed by atoms with Gasteiger partial charge in [-0.05, 0) is 26.2 Å². The second kappa shape index (κ2) is 8.85. The van der Waals surface area contributed by atoms with Gasteiger partial charge in [-0.15, -0.1) is 11.3 Å². The first kappa shape index (κ1) is 23.4. The fourth-order valence-electron chi connectivity index (χ4n) is 2.13. The van der Waals surface area contributed by atoms with Crippen LogP contribution in [0.5, 0.6) is 5.75 Å². The van der Waals surface area contributed by atoms with Gasteiger partial charge in [0.1, 0.15) is 31.5 Å². The molecule has 13 heteroatoms. The minimum Gasteiger partial charge on any atom is -0.492 e. The molecule has 2 rings (SSSR count). The normalized spacial score (nSPS) is 12.5. The Bertz CT molecular complexity index is 963. The molecule has 156 valence electrons. The number of rotatable bonds is 7. The summed E-state index contributed by atoms with van der Waals surface area (Å²) in [6, 6.07) is 3.31. The van der Waals surface area contributed by atoms with Gasteiger partial charge in [-0.3, -0.25) is 4.72 Å². The third-order valence-electron chi connectivity index (χ3n) is 3.35. The molecule has 0 atom stereocenters. The van der Waals surface area contributed by atoms with Gasteiger partial charge in [0.05, 0.1) is 10.7 Å². The molecule has 5 nitrogen and oxygen atoms in total. The van der Waals surface area contributed by atoms with Gasteiger partial charge in [-0.1, -0.05) is 40.9 Å². The Labute approximate surface area is 179 Å². The first-order valence-electron chi connectivity index (χ1n) is 7.48. The van der Waals surface area contributed by atoms with Crippen LogP contribution in [0.4, 0.5) is 18.9 Å². The van der Waals surface area contributed by atoms with Crippen LogP contribution in [0.1, 0.15) is 5.56 Å². The van der Waals surface area contributed by atoms with E-state index in [2.05, 4.69) is 0 Å². The van der Waals surface area contributed by atoms with Crippen molar-refractivity contribution in [3.8, 4) is 5.75 Å². The number of nitrogens with zero attached hydrogens (tertiary/aromatic N) is 1. The highest BCUT2D eigenvalue weighted by Crippen LogP contribution is 2.45. The Balaban J connectivity index is 2.47. The van der Waals surface area contributed by atoms with Crippen LogP contribution in [0.3, 0.4) is 0 Å². The molecule has 0 spiro atoms. The lowest BCUT2D eigenvalue weighted by atomic mass is 10.1. The molecule has 0 amide bonds. The lowest BCUT2D eigenvalue weighted by Gasteiger charge is -2.19. The number of alkyl halides is 3. The van der Waals surface area contributed by atoms with Crippen molar-refractivity contribution in [1.29, 1.82) is 0 Å². The summed E-state index contributed by atoms with van der Waals surface area (Å²) in [5.41, 5.74) is -1.98. The van der Waals surface area contributed by atoms with Crippen LogP contribution in [0.15, 0.2) is 23.1 Å². The van der Waals surface area contributed by atoms with E-state index in [4.69, 9.17) is 39.5 Å². The summed E-state index contributed by atoms with van der Waals surface area (Å²) in [6.45, 7) is 0.343. The smallest absolute Gasteiger partial charge is 0.421 e. The lowest BCUT2D eigenvalue weighted by Crippen LogP contribution is -2.22. The molecular weight excluding hydrogens is 484 g/mol. The molecule has 0 unspecified atom stereocenters. The van der Waals surface area contributed by atoms with Gasteiger partial charge in [-0.25, -0.2) is 8.42 Å². The summed E-state index contributed by atoms with van der Waals surface area (Å²) in [5, 5.41) is -0.365. The number of halogens is 6. The first-order chi connectivity index (χ1) is 12.8. The molecule has 0 bridgehead atoms. The van der Waals surface area contributed by atoms with Crippen LogP contribution in [0, 0.1) is 0 Å². The maximum absolute atomic E-state index is 13.6. The molecule has 0 aliphatic rings. The maximum atomic E-state index is 13.6. The fraction of sp³-hybridized carbons (Fsp3) is 0.333. The fourth-order valence-corrected chi connectivity index (χ4v) is 6.06. The Morgan fingerprint density at radius 2 is 1.82 bits per heavy atom. The summed E-state index contributed by atoms with van der Waals surface area (Å²) in [7, 11) is -1.07. The van der Waals surface area contributed by atoms with Gasteiger partial charge in [-0.2, -0.15) is 13.2 Å². The van der Waals surface area contributed by atoms with Crippen molar-refractivity contribution in [2.75, 3.05) is 32.0 Å². The van der Waals surface area contributed by atoms with Crippen molar-refractivity contribution < 1.29 is 26.3 Å². The van der Waals surface area contributed by atoms with Crippen LogP contribution in [0.25, 0.3) is 0 Å². The molecule has 1 N–H and O–H groups in total. The number of benzene rings is 1. The molecular formula is C15H14Cl3F3N2O3S2. The van der Waals surface area contributed by atoms with Gasteiger partial charge < -0.3 is 9.64 Å². The average molecular weight is 498 g/mol. The zero-order valence-corrected chi connectivity index (χ0v) is 18.3. The van der Waals surface area contributed by atoms with Gasteiger partial charge in [0.2, 0.25) is 0 Å². The van der Waals surface area contributed by atoms with Crippen LogP contribution < -0.4 is 9.46 Å². The number of hydrogen-bond donors (Lipinski definition) is 1. The third-order valence-corrected chi connectivity index (χ3v) is 7.33. The van der Waals surface area contributed by atoms with E-state index in [0.717, 1.165) is 12.1 Å². The van der Waals surface area contributed by atoms with Crippen molar-refractivity contribution in [2.45, 2.75) is 11.1 Å². The SMILES string of the molecule is CN(C)CCOc1cccc(NS(=O)(=O)c2c(Cl)sc(Cl)c2Cl)c1C(F)(F)F. The summed E-state index contributed by atoms with van der Waals surface area (Å²) in [6.07, 6.45) is -4.88. The van der Waals surface area contributed by atoms with E-state index >= 15 is 0 Å². The van der Waals surface area contributed by atoms with Gasteiger partial charge >= 0.3 is 6.18 Å². The highest BCUT2D eigenvalue weighted by atomic mass is 35.5. The Kier molecular flexibility index (Phi) is 7.38. The number of ether oxygens (including phenoxy) is 1. The Morgan fingerprint density at radius 1 is 1.18 bits per heavy atom. The summed E-state index contributed by atoms with van der Waals surface area (Å²) >= 11 is 18.1. The third kappa shape index (κ3) is 5.37. The van der Waals surface area contributed by atoms with E-state index in [9.17, 15) is 21.6 Å². The summed E-state index contributed by atoms with van der Waals surface area (Å²) in [5.74, 6) is -0.505. The van der Waals surface area contributed by atoms with Crippen LogP contribution in [-0.4, -0.2) is 40.6 Å². The van der Waals surface area contributed by atoms with Crippen LogP contribution in [0.2, 0.25) is 13.7 Å². The minimum absolute atomic E-state index is 0.0237. The lowest BCUT2D eigenvalue weighted by molar-refractivity contribution is -0.138. The minimum atomic E-state index is -4.88. The first-order valence-corrected chi connectivity index (χ1v) is 10.9. The van der Waals surface area contributed by atoms with Gasteiger partial charge in [0, 0.05) is 6.54 Å². The predicted octanol–water partition coefficient (Wildman–Crippen LogP) is 5.47. The average Bonchev–Trinajstić information content (AvgIpc) is 2.78. The van der Waals surface area contributed by atoms with Crippen LogP contribution in [-0.2, 0) is 16.2 Å². The number of likely N-dealkylation sites (N-methyl/N-ethyl adjacent to an activating group) is 1. The van der Waals surface area contributed by atoms with E-state index < -0.39 is 38.1 Å². The predicted molar refractivity (Wildman–Crippen MR) is 106 cm³/mol. The topological polar surface area (TPSA) is 58.6 Å². The molecule has 1 aromatic carbocycles. The molecule has 0 aliphatic heterocycles. The van der Waals surface area contributed by atoms with Gasteiger partial charge in [0.25, 0.3) is 10.0 Å². The highest BCUT2D eigenvalue weighted by Gasteiger charge is 2.39. The Morgan fingerprint density at radius 3 is 2.32 bits per heavy atom. The van der Waals surface area contributed by atoms with Crippen molar-refractivity contribution in [2.24, 2.45) is 0 Å². The molecule has 0 saturated heterocycles. The number of anilines is 1. The van der Waals surface area contributed by atoms with Crippen molar-refractivity contribution in [3.63, 3.8) is 0 Å². The standard InChI is InChI=1S/C15H14Cl3F3N2O3S2/c1-23(2)6-7-26-9-5-3-4-8(10(9)15(19,20)21)22-28(24,25)12-11(16)13(17)27-14(12)18/h3-5,22H,6-7H2,1-2H3. The molecule has 1 aromatic heterocycles. The molecule has 2 aromatic rings. The summed E-state index contributed by atoms with van der Waals surface area (Å²) < 4.78 is 72.9. The number of hydrogen-bond acceptors (Lipinski definition) is 5. The van der Waals surface area contributed by atoms with Crippen molar-refractivity contribution >= 4 is 61.9 Å². The number of nitrogens with one attached hydrogen (secondary N) is 1. The van der Waals surface area contributed by atoms with Crippen LogP contribution >= 0.6 is 46.1 Å². The highest BCUT2D eigenvalue weighted by molar-refractivity contribution is 7.93. The molecule has 0 saturated carbocycles. The zero-order valence-electron chi connectivity index (χ0n) is 14.4. The number of thiophene rings is 1. The maximum Gasteiger partial charge on any atom is 0.421 e. The largest absolute Gasteiger partial charge is 0.492 e. The van der Waals surface area contributed by atoms with Crippen molar-refractivity contribution in [3.05, 3.63) is 37.5 Å². The Hall–Kier alpha value is -0.910. The zero-order chi connectivity index (χ0) is 21.3. The van der Waals surface area contributed by atoms with Crippen molar-refractivity contribution in [1.82, 2.24) is 4.90 Å². The van der Waals surface area contributed by atoms with E-state index in [1.54, 1.807) is 19.0 Å². The summed E-state index contributed by atoms with van der Waals surface area (Å²) in [4.78, 5) is 1.14. The molecule has 28 heavy (non-hydrogen) atoms. The number of sulfonamides is 1. The monoisotopic (exact) mass is 496 g/mol. The second-order valence-corrected chi connectivity index (χ2v) is 9.95. The van der Waals surface area contributed by atoms with E-state index in [1.165, 1.54) is 6.07 Å². The molecule has 0 radical (unpaired) electrons. The van der Waals surface area contributed by atoms with E-state index in [1.807, 2.05) is 4.72 Å². The molecule has 1 heterocycles. The quantitative estimate of drug-likeness (QED) is 0.551. The second-order valence-electron chi connectivity index (χ2n) is 5.73. The van der Waals surface area contributed by atoms with Gasteiger partial charge in [0.15, 0.2) is 0 Å². The molecule has 0 fully saturated rings. The van der Waals surface area contributed by atoms with E-state index in [0.29, 0.717) is 17.9 Å². The molecule has 0 aliphatic carbocycles. The van der Waals surface area contributed by atoms with E-state index in [-0.39, 0.29) is 20.3 Å².